The van der Waals surface area contributed by atoms with Crippen molar-refractivity contribution in [3.05, 3.63) is 88.2 Å². The largest absolute Gasteiger partial charge is 0.494 e. The Morgan fingerprint density at radius 1 is 0.500 bits per heavy atom. The van der Waals surface area contributed by atoms with Gasteiger partial charge in [0.05, 0.1) is 29.5 Å². The molecule has 0 aliphatic carbocycles. The standard InChI is InChI=1S/C53H69N3O2S2/c1-6-9-12-15-18-21-26-43-35-40(5)60-53(43)52-51-50(46(38-54-52)47-32-31-39(4)59-47)55-48(41-27-24-29-44(36-41)57-33-22-19-16-13-10-7-2)49(56-51)42-28-25-30-45(37-42)58-34-23-20-17-14-11-8-3/h24-25,27-32,35-38H,6-23,26,33-34H2,1-5H3. The minimum atomic E-state index is 0.709. The summed E-state index contributed by atoms with van der Waals surface area (Å²) < 4.78 is 12.8. The summed E-state index contributed by atoms with van der Waals surface area (Å²) >= 11 is 3.61. The highest BCUT2D eigenvalue weighted by molar-refractivity contribution is 7.16. The van der Waals surface area contributed by atoms with E-state index in [0.717, 1.165) is 80.4 Å². The van der Waals surface area contributed by atoms with Gasteiger partial charge in [-0.1, -0.05) is 141 Å². The number of unbranched alkanes of at least 4 members (excludes halogenated alkanes) is 15. The number of aromatic nitrogens is 3. The first-order valence-electron chi connectivity index (χ1n) is 23.3. The Morgan fingerprint density at radius 3 is 1.58 bits per heavy atom. The molecule has 7 heteroatoms. The normalized spacial score (nSPS) is 11.5. The molecule has 0 saturated carbocycles. The zero-order valence-corrected chi connectivity index (χ0v) is 38.9. The van der Waals surface area contributed by atoms with Crippen molar-refractivity contribution in [1.29, 1.82) is 0 Å². The molecule has 60 heavy (non-hydrogen) atoms. The molecule has 4 aromatic heterocycles. The van der Waals surface area contributed by atoms with E-state index in [1.807, 2.05) is 17.5 Å². The number of fused-ring (bicyclic) bond motifs is 1. The second-order valence-electron chi connectivity index (χ2n) is 16.6. The van der Waals surface area contributed by atoms with Crippen LogP contribution in [0.15, 0.2) is 72.9 Å². The highest BCUT2D eigenvalue weighted by Gasteiger charge is 2.23. The van der Waals surface area contributed by atoms with Crippen LogP contribution in [0.3, 0.4) is 0 Å². The average molecular weight is 844 g/mol. The number of benzene rings is 2. The maximum atomic E-state index is 6.39. The molecule has 0 fully saturated rings. The Bertz CT molecular complexity index is 2200. The fourth-order valence-electron chi connectivity index (χ4n) is 8.03. The average Bonchev–Trinajstić information content (AvgIpc) is 3.87. The molecule has 0 bridgehead atoms. The van der Waals surface area contributed by atoms with Crippen molar-refractivity contribution in [2.75, 3.05) is 13.2 Å². The van der Waals surface area contributed by atoms with Crippen LogP contribution in [0.2, 0.25) is 0 Å². The van der Waals surface area contributed by atoms with Gasteiger partial charge in [0.25, 0.3) is 0 Å². The predicted molar refractivity (Wildman–Crippen MR) is 259 cm³/mol. The molecule has 4 heterocycles. The molecule has 0 spiro atoms. The lowest BCUT2D eigenvalue weighted by molar-refractivity contribution is 0.304. The third-order valence-electron chi connectivity index (χ3n) is 11.4. The van der Waals surface area contributed by atoms with Crippen molar-refractivity contribution in [1.82, 2.24) is 15.0 Å². The number of nitrogens with zero attached hydrogens (tertiary/aromatic N) is 3. The fraction of sp³-hybridized carbons (Fsp3) is 0.491. The van der Waals surface area contributed by atoms with Crippen LogP contribution >= 0.6 is 22.7 Å². The fourth-order valence-corrected chi connectivity index (χ4v) is 9.97. The van der Waals surface area contributed by atoms with E-state index >= 15 is 0 Å². The highest BCUT2D eigenvalue weighted by atomic mass is 32.1. The predicted octanol–water partition coefficient (Wildman–Crippen LogP) is 16.8. The first-order chi connectivity index (χ1) is 29.5. The Balaban J connectivity index is 1.42. The Labute approximate surface area is 369 Å². The second-order valence-corrected chi connectivity index (χ2v) is 19.1. The zero-order valence-electron chi connectivity index (χ0n) is 37.3. The molecule has 0 amide bonds. The molecule has 0 unspecified atom stereocenters. The van der Waals surface area contributed by atoms with Gasteiger partial charge in [-0.05, 0) is 87.6 Å². The number of rotatable bonds is 27. The first-order valence-corrected chi connectivity index (χ1v) is 25.0. The second kappa shape index (κ2) is 24.4. The molecule has 0 aliphatic rings. The Kier molecular flexibility index (Phi) is 18.5. The topological polar surface area (TPSA) is 57.1 Å². The molecule has 0 aliphatic heterocycles. The minimum Gasteiger partial charge on any atom is -0.494 e. The van der Waals surface area contributed by atoms with Gasteiger partial charge in [-0.3, -0.25) is 4.98 Å². The molecule has 0 radical (unpaired) electrons. The monoisotopic (exact) mass is 843 g/mol. The van der Waals surface area contributed by atoms with Crippen LogP contribution in [0.25, 0.3) is 54.6 Å². The lowest BCUT2D eigenvalue weighted by Gasteiger charge is -2.16. The summed E-state index contributed by atoms with van der Waals surface area (Å²) in [6.07, 6.45) is 25.5. The molecule has 6 aromatic rings. The lowest BCUT2D eigenvalue weighted by atomic mass is 10.0. The summed E-state index contributed by atoms with van der Waals surface area (Å²) in [5, 5.41) is 0. The van der Waals surface area contributed by atoms with Gasteiger partial charge in [-0.15, -0.1) is 22.7 Å². The number of aryl methyl sites for hydroxylation is 3. The number of ether oxygens (including phenoxy) is 2. The van der Waals surface area contributed by atoms with Crippen molar-refractivity contribution in [2.24, 2.45) is 0 Å². The van der Waals surface area contributed by atoms with Crippen LogP contribution in [0.4, 0.5) is 0 Å². The lowest BCUT2D eigenvalue weighted by Crippen LogP contribution is -2.02. The van der Waals surface area contributed by atoms with E-state index < -0.39 is 0 Å². The SMILES string of the molecule is CCCCCCCCOc1cccc(-c2nc3c(-c4ccc(C)s4)cnc(-c4sc(C)cc4CCCCCCCC)c3nc2-c2cccc(OCCCCCCCC)c2)c1. The van der Waals surface area contributed by atoms with Crippen molar-refractivity contribution < 1.29 is 9.47 Å². The van der Waals surface area contributed by atoms with E-state index in [1.165, 1.54) is 123 Å². The van der Waals surface area contributed by atoms with Crippen LogP contribution < -0.4 is 9.47 Å². The van der Waals surface area contributed by atoms with Gasteiger partial charge in [0.15, 0.2) is 0 Å². The maximum absolute atomic E-state index is 6.39. The van der Waals surface area contributed by atoms with Gasteiger partial charge in [-0.25, -0.2) is 9.97 Å². The first kappa shape index (κ1) is 45.5. The summed E-state index contributed by atoms with van der Waals surface area (Å²) in [5.74, 6) is 1.73. The molecule has 320 valence electrons. The third-order valence-corrected chi connectivity index (χ3v) is 13.5. The highest BCUT2D eigenvalue weighted by Crippen LogP contribution is 2.42. The van der Waals surface area contributed by atoms with Crippen LogP contribution in [-0.4, -0.2) is 28.2 Å². The van der Waals surface area contributed by atoms with Crippen molar-refractivity contribution in [2.45, 2.75) is 157 Å². The summed E-state index contributed by atoms with van der Waals surface area (Å²) in [5.41, 5.74) is 8.67. The van der Waals surface area contributed by atoms with E-state index in [9.17, 15) is 0 Å². The third kappa shape index (κ3) is 13.0. The molecule has 6 rings (SSSR count). The molecule has 0 atom stereocenters. The van der Waals surface area contributed by atoms with Crippen molar-refractivity contribution in [3.8, 4) is 55.0 Å². The molecule has 5 nitrogen and oxygen atoms in total. The van der Waals surface area contributed by atoms with Crippen LogP contribution in [0, 0.1) is 13.8 Å². The van der Waals surface area contributed by atoms with Crippen molar-refractivity contribution >= 4 is 33.7 Å². The summed E-state index contributed by atoms with van der Waals surface area (Å²) in [7, 11) is 0. The van der Waals surface area contributed by atoms with Crippen LogP contribution in [-0.2, 0) is 6.42 Å². The quantitative estimate of drug-likeness (QED) is 0.0484. The van der Waals surface area contributed by atoms with Gasteiger partial charge >= 0.3 is 0 Å². The molecular weight excluding hydrogens is 775 g/mol. The van der Waals surface area contributed by atoms with Gasteiger partial charge < -0.3 is 9.47 Å². The Hall–Kier alpha value is -4.07. The summed E-state index contributed by atoms with van der Waals surface area (Å²) in [6, 6.07) is 23.7. The van der Waals surface area contributed by atoms with E-state index in [-0.39, 0.29) is 0 Å². The Morgan fingerprint density at radius 2 is 1.03 bits per heavy atom. The van der Waals surface area contributed by atoms with E-state index in [0.29, 0.717) is 13.2 Å². The number of hydrogen-bond acceptors (Lipinski definition) is 7. The molecule has 0 saturated heterocycles. The van der Waals surface area contributed by atoms with Gasteiger partial charge in [-0.2, -0.15) is 0 Å². The van der Waals surface area contributed by atoms with Gasteiger partial charge in [0.2, 0.25) is 0 Å². The van der Waals surface area contributed by atoms with Crippen LogP contribution in [0.1, 0.15) is 152 Å². The smallest absolute Gasteiger partial charge is 0.119 e. The van der Waals surface area contributed by atoms with Crippen molar-refractivity contribution in [3.63, 3.8) is 0 Å². The summed E-state index contributed by atoms with van der Waals surface area (Å²) in [4.78, 5) is 21.6. The molecular formula is C53H69N3O2S2. The minimum absolute atomic E-state index is 0.709. The molecule has 2 aromatic carbocycles. The van der Waals surface area contributed by atoms with Gasteiger partial charge in [0, 0.05) is 37.5 Å². The number of hydrogen-bond donors (Lipinski definition) is 0. The van der Waals surface area contributed by atoms with E-state index in [1.54, 1.807) is 11.3 Å². The van der Waals surface area contributed by atoms with Crippen LogP contribution in [0.5, 0.6) is 11.5 Å². The number of pyridine rings is 1. The summed E-state index contributed by atoms with van der Waals surface area (Å²) in [6.45, 7) is 12.6. The maximum Gasteiger partial charge on any atom is 0.119 e. The van der Waals surface area contributed by atoms with E-state index in [4.69, 9.17) is 24.4 Å². The van der Waals surface area contributed by atoms with E-state index in [2.05, 4.69) is 101 Å². The number of thiophene rings is 2. The zero-order chi connectivity index (χ0) is 41.9. The molecule has 0 N–H and O–H groups in total. The van der Waals surface area contributed by atoms with Gasteiger partial charge in [0.1, 0.15) is 28.2 Å².